The highest BCUT2D eigenvalue weighted by atomic mass is 14.9. The van der Waals surface area contributed by atoms with Crippen LogP contribution in [0.5, 0.6) is 0 Å². The van der Waals surface area contributed by atoms with Crippen LogP contribution in [0.1, 0.15) is 25.3 Å². The van der Waals surface area contributed by atoms with E-state index in [-0.39, 0.29) is 0 Å². The molecule has 0 amide bonds. The largest absolute Gasteiger partial charge is 0.316 e. The number of rotatable bonds is 2. The van der Waals surface area contributed by atoms with Gasteiger partial charge in [-0.15, -0.1) is 0 Å². The molecule has 0 unspecified atom stereocenters. The highest BCUT2D eigenvalue weighted by Crippen LogP contribution is 2.49. The maximum Gasteiger partial charge on any atom is 0.000852 e. The van der Waals surface area contributed by atoms with Crippen molar-refractivity contribution in [3.05, 3.63) is 35.9 Å². The number of nitrogens with one attached hydrogen (secondary N) is 1. The van der Waals surface area contributed by atoms with Gasteiger partial charge in [0.1, 0.15) is 0 Å². The van der Waals surface area contributed by atoms with Crippen molar-refractivity contribution < 1.29 is 0 Å². The van der Waals surface area contributed by atoms with Gasteiger partial charge in [0.15, 0.2) is 0 Å². The van der Waals surface area contributed by atoms with Crippen molar-refractivity contribution in [1.29, 1.82) is 0 Å². The summed E-state index contributed by atoms with van der Waals surface area (Å²) in [5, 5.41) is 3.55. The molecule has 1 nitrogen and oxygen atoms in total. The van der Waals surface area contributed by atoms with Gasteiger partial charge < -0.3 is 5.32 Å². The summed E-state index contributed by atoms with van der Waals surface area (Å²) < 4.78 is 0. The lowest BCUT2D eigenvalue weighted by atomic mass is 9.83. The molecule has 1 heterocycles. The molecule has 86 valence electrons. The zero-order valence-corrected chi connectivity index (χ0v) is 10.1. The minimum absolute atomic E-state index is 0.597. The SMILES string of the molecule is C[C@]12CNC[C@H]1C[C@H](Cc1ccccc1)C2. The van der Waals surface area contributed by atoms with Crippen molar-refractivity contribution in [1.82, 2.24) is 5.32 Å². The fourth-order valence-corrected chi connectivity index (χ4v) is 3.78. The van der Waals surface area contributed by atoms with Crippen LogP contribution < -0.4 is 5.32 Å². The van der Waals surface area contributed by atoms with E-state index in [4.69, 9.17) is 0 Å². The van der Waals surface area contributed by atoms with Crippen LogP contribution in [-0.4, -0.2) is 13.1 Å². The third-order valence-electron chi connectivity index (χ3n) is 4.65. The van der Waals surface area contributed by atoms with E-state index >= 15 is 0 Å². The Morgan fingerprint density at radius 1 is 1.31 bits per heavy atom. The lowest BCUT2D eigenvalue weighted by molar-refractivity contribution is 0.300. The summed E-state index contributed by atoms with van der Waals surface area (Å²) in [5.41, 5.74) is 2.11. The summed E-state index contributed by atoms with van der Waals surface area (Å²) in [7, 11) is 0. The van der Waals surface area contributed by atoms with Gasteiger partial charge in [-0.1, -0.05) is 37.3 Å². The topological polar surface area (TPSA) is 12.0 Å². The molecule has 2 fully saturated rings. The van der Waals surface area contributed by atoms with E-state index in [0.29, 0.717) is 5.41 Å². The third kappa shape index (κ3) is 1.78. The predicted molar refractivity (Wildman–Crippen MR) is 67.3 cm³/mol. The zero-order valence-electron chi connectivity index (χ0n) is 10.1. The number of fused-ring (bicyclic) bond motifs is 1. The summed E-state index contributed by atoms with van der Waals surface area (Å²) in [6.07, 6.45) is 4.13. The Bertz CT molecular complexity index is 359. The smallest absolute Gasteiger partial charge is 0.000852 e. The van der Waals surface area contributed by atoms with E-state index in [0.717, 1.165) is 11.8 Å². The van der Waals surface area contributed by atoms with Crippen molar-refractivity contribution in [2.45, 2.75) is 26.2 Å². The van der Waals surface area contributed by atoms with E-state index < -0.39 is 0 Å². The molecular weight excluding hydrogens is 194 g/mol. The standard InChI is InChI=1S/C15H21N/c1-15-9-13(8-14(15)10-16-11-15)7-12-5-3-2-4-6-12/h2-6,13-14,16H,7-11H2,1H3/t13-,14+,15-/m0/s1. The molecule has 0 aromatic heterocycles. The average molecular weight is 215 g/mol. The minimum Gasteiger partial charge on any atom is -0.316 e. The van der Waals surface area contributed by atoms with Crippen molar-refractivity contribution in [3.8, 4) is 0 Å². The molecule has 1 saturated heterocycles. The zero-order chi connectivity index (χ0) is 11.0. The fourth-order valence-electron chi connectivity index (χ4n) is 3.78. The van der Waals surface area contributed by atoms with Gasteiger partial charge in [0, 0.05) is 6.54 Å². The molecule has 1 saturated carbocycles. The van der Waals surface area contributed by atoms with E-state index in [1.807, 2.05) is 0 Å². The molecule has 1 N–H and O–H groups in total. The lowest BCUT2D eigenvalue weighted by Gasteiger charge is -2.22. The van der Waals surface area contributed by atoms with Crippen LogP contribution in [0.15, 0.2) is 30.3 Å². The van der Waals surface area contributed by atoms with Gasteiger partial charge in [-0.25, -0.2) is 0 Å². The molecule has 1 aromatic carbocycles. The van der Waals surface area contributed by atoms with Crippen LogP contribution in [-0.2, 0) is 6.42 Å². The highest BCUT2D eigenvalue weighted by Gasteiger charge is 2.46. The quantitative estimate of drug-likeness (QED) is 0.800. The highest BCUT2D eigenvalue weighted by molar-refractivity contribution is 5.16. The van der Waals surface area contributed by atoms with Gasteiger partial charge >= 0.3 is 0 Å². The molecule has 2 aliphatic rings. The predicted octanol–water partition coefficient (Wildman–Crippen LogP) is 2.86. The van der Waals surface area contributed by atoms with E-state index in [1.165, 1.54) is 37.9 Å². The van der Waals surface area contributed by atoms with Crippen molar-refractivity contribution >= 4 is 0 Å². The molecule has 1 heteroatoms. The lowest BCUT2D eigenvalue weighted by Crippen LogP contribution is -2.21. The van der Waals surface area contributed by atoms with E-state index in [9.17, 15) is 0 Å². The maximum absolute atomic E-state index is 3.55. The van der Waals surface area contributed by atoms with Crippen LogP contribution >= 0.6 is 0 Å². The van der Waals surface area contributed by atoms with Crippen LogP contribution in [0.25, 0.3) is 0 Å². The molecule has 3 rings (SSSR count). The summed E-state index contributed by atoms with van der Waals surface area (Å²) >= 11 is 0. The molecule has 1 aliphatic carbocycles. The first-order valence-electron chi connectivity index (χ1n) is 6.51. The number of benzene rings is 1. The molecule has 16 heavy (non-hydrogen) atoms. The molecular formula is C15H21N. The van der Waals surface area contributed by atoms with Gasteiger partial charge in [0.05, 0.1) is 0 Å². The van der Waals surface area contributed by atoms with Crippen LogP contribution in [0.4, 0.5) is 0 Å². The van der Waals surface area contributed by atoms with Gasteiger partial charge in [-0.05, 0) is 48.6 Å². The summed E-state index contributed by atoms with van der Waals surface area (Å²) in [6.45, 7) is 4.97. The fraction of sp³-hybridized carbons (Fsp3) is 0.600. The van der Waals surface area contributed by atoms with Gasteiger partial charge in [0.2, 0.25) is 0 Å². The van der Waals surface area contributed by atoms with E-state index in [1.54, 1.807) is 0 Å². The van der Waals surface area contributed by atoms with Crippen LogP contribution in [0, 0.1) is 17.3 Å². The van der Waals surface area contributed by atoms with Crippen LogP contribution in [0.3, 0.4) is 0 Å². The van der Waals surface area contributed by atoms with Crippen LogP contribution in [0.2, 0.25) is 0 Å². The Kier molecular flexibility index (Phi) is 2.51. The van der Waals surface area contributed by atoms with Gasteiger partial charge in [0.25, 0.3) is 0 Å². The molecule has 1 aromatic rings. The van der Waals surface area contributed by atoms with E-state index in [2.05, 4.69) is 42.6 Å². The Morgan fingerprint density at radius 3 is 2.88 bits per heavy atom. The first-order valence-corrected chi connectivity index (χ1v) is 6.51. The molecule has 0 radical (unpaired) electrons. The third-order valence-corrected chi connectivity index (χ3v) is 4.65. The second-order valence-electron chi connectivity index (χ2n) is 5.98. The molecule has 3 atom stereocenters. The number of hydrogen-bond donors (Lipinski definition) is 1. The Hall–Kier alpha value is -0.820. The minimum atomic E-state index is 0.597. The summed E-state index contributed by atoms with van der Waals surface area (Å²) in [5.74, 6) is 1.85. The summed E-state index contributed by atoms with van der Waals surface area (Å²) in [4.78, 5) is 0. The Balaban J connectivity index is 1.67. The molecule has 0 bridgehead atoms. The monoisotopic (exact) mass is 215 g/mol. The van der Waals surface area contributed by atoms with Crippen molar-refractivity contribution in [2.24, 2.45) is 17.3 Å². The molecule has 1 aliphatic heterocycles. The van der Waals surface area contributed by atoms with Crippen molar-refractivity contribution in [2.75, 3.05) is 13.1 Å². The second kappa shape index (κ2) is 3.89. The normalized spacial score (nSPS) is 37.6. The Morgan fingerprint density at radius 2 is 2.12 bits per heavy atom. The first-order chi connectivity index (χ1) is 7.76. The summed E-state index contributed by atoms with van der Waals surface area (Å²) in [6, 6.07) is 11.0. The Labute approximate surface area is 98.3 Å². The maximum atomic E-state index is 3.55. The number of hydrogen-bond acceptors (Lipinski definition) is 1. The second-order valence-corrected chi connectivity index (χ2v) is 5.98. The van der Waals surface area contributed by atoms with Gasteiger partial charge in [-0.3, -0.25) is 0 Å². The molecule has 0 spiro atoms. The average Bonchev–Trinajstić information content (AvgIpc) is 2.74. The van der Waals surface area contributed by atoms with Gasteiger partial charge in [-0.2, -0.15) is 0 Å². The first kappa shape index (κ1) is 10.3. The van der Waals surface area contributed by atoms with Crippen molar-refractivity contribution in [3.63, 3.8) is 0 Å².